The predicted molar refractivity (Wildman–Crippen MR) is 75.6 cm³/mol. The van der Waals surface area contributed by atoms with Gasteiger partial charge in [0.25, 0.3) is 0 Å². The summed E-state index contributed by atoms with van der Waals surface area (Å²) in [6, 6.07) is 8.09. The van der Waals surface area contributed by atoms with Gasteiger partial charge in [-0.2, -0.15) is 5.26 Å². The predicted octanol–water partition coefficient (Wildman–Crippen LogP) is 2.57. The van der Waals surface area contributed by atoms with E-state index < -0.39 is 5.54 Å². The molecule has 0 amide bonds. The lowest BCUT2D eigenvalue weighted by molar-refractivity contribution is 0.171. The highest BCUT2D eigenvalue weighted by molar-refractivity contribution is 7.99. The zero-order valence-corrected chi connectivity index (χ0v) is 11.8. The minimum Gasteiger partial charge on any atom is -0.486 e. The zero-order chi connectivity index (χ0) is 13.7. The van der Waals surface area contributed by atoms with Gasteiger partial charge in [-0.3, -0.25) is 0 Å². The van der Waals surface area contributed by atoms with Crippen molar-refractivity contribution in [1.29, 1.82) is 5.26 Å². The van der Waals surface area contributed by atoms with E-state index in [0.717, 1.165) is 28.6 Å². The van der Waals surface area contributed by atoms with Crippen molar-refractivity contribution in [1.82, 2.24) is 0 Å². The van der Waals surface area contributed by atoms with Crippen molar-refractivity contribution < 1.29 is 9.47 Å². The van der Waals surface area contributed by atoms with Crippen molar-refractivity contribution in [2.24, 2.45) is 5.73 Å². The summed E-state index contributed by atoms with van der Waals surface area (Å²) < 4.78 is 11.0. The quantitative estimate of drug-likeness (QED) is 0.662. The third-order valence-corrected chi connectivity index (χ3v) is 3.96. The number of thioether (sulfide) groups is 1. The fourth-order valence-electron chi connectivity index (χ4n) is 1.80. The van der Waals surface area contributed by atoms with Crippen LogP contribution in [0.25, 0.3) is 0 Å². The number of nitrogens with zero attached hydrogens (tertiary/aromatic N) is 1. The van der Waals surface area contributed by atoms with Gasteiger partial charge in [-0.05, 0) is 43.7 Å². The van der Waals surface area contributed by atoms with Crippen LogP contribution in [0.4, 0.5) is 0 Å². The van der Waals surface area contributed by atoms with Gasteiger partial charge in [-0.15, -0.1) is 11.8 Å². The normalized spacial score (nSPS) is 16.5. The van der Waals surface area contributed by atoms with Crippen LogP contribution in [0.1, 0.15) is 19.8 Å². The van der Waals surface area contributed by atoms with Gasteiger partial charge in [0.2, 0.25) is 0 Å². The molecule has 0 aliphatic carbocycles. The number of nitrogens with two attached hydrogens (primary N) is 1. The van der Waals surface area contributed by atoms with E-state index in [1.807, 2.05) is 18.2 Å². The molecule has 0 fully saturated rings. The molecule has 1 heterocycles. The molecule has 1 aromatic carbocycles. The Bertz CT molecular complexity index is 483. The fourth-order valence-corrected chi connectivity index (χ4v) is 2.68. The van der Waals surface area contributed by atoms with Crippen molar-refractivity contribution in [3.8, 4) is 17.6 Å². The number of hydrogen-bond donors (Lipinski definition) is 1. The topological polar surface area (TPSA) is 68.3 Å². The third kappa shape index (κ3) is 4.05. The zero-order valence-electron chi connectivity index (χ0n) is 11.0. The molecule has 2 N–H and O–H groups in total. The molecule has 1 atom stereocenters. The van der Waals surface area contributed by atoms with E-state index in [2.05, 4.69) is 6.07 Å². The second-order valence-corrected chi connectivity index (χ2v) is 5.96. The van der Waals surface area contributed by atoms with Crippen molar-refractivity contribution in [2.75, 3.05) is 19.0 Å². The number of benzene rings is 1. The standard InChI is InChI=1S/C14H18N2O2S/c1-14(16,10-15)5-2-8-19-11-3-4-12-13(9-11)18-7-6-17-12/h3-4,9H,2,5-8,16H2,1H3. The molecule has 1 aliphatic heterocycles. The summed E-state index contributed by atoms with van der Waals surface area (Å²) in [6.45, 7) is 2.99. The highest BCUT2D eigenvalue weighted by Crippen LogP contribution is 2.34. The molecule has 1 aliphatic rings. The molecule has 2 rings (SSSR count). The summed E-state index contributed by atoms with van der Waals surface area (Å²) in [5, 5.41) is 8.83. The Balaban J connectivity index is 1.82. The van der Waals surface area contributed by atoms with Crippen LogP contribution in [-0.2, 0) is 0 Å². The smallest absolute Gasteiger partial charge is 0.162 e. The Morgan fingerprint density at radius 3 is 2.84 bits per heavy atom. The van der Waals surface area contributed by atoms with Gasteiger partial charge in [-0.1, -0.05) is 0 Å². The molecule has 0 spiro atoms. The first-order valence-electron chi connectivity index (χ1n) is 6.33. The van der Waals surface area contributed by atoms with Gasteiger partial charge < -0.3 is 15.2 Å². The lowest BCUT2D eigenvalue weighted by Gasteiger charge is -2.19. The molecule has 0 aromatic heterocycles. The summed E-state index contributed by atoms with van der Waals surface area (Å²) in [7, 11) is 0. The summed E-state index contributed by atoms with van der Waals surface area (Å²) in [4.78, 5) is 1.15. The van der Waals surface area contributed by atoms with Crippen molar-refractivity contribution in [2.45, 2.75) is 30.2 Å². The highest BCUT2D eigenvalue weighted by atomic mass is 32.2. The molecule has 0 bridgehead atoms. The Labute approximate surface area is 117 Å². The van der Waals surface area contributed by atoms with Crippen LogP contribution >= 0.6 is 11.8 Å². The van der Waals surface area contributed by atoms with Gasteiger partial charge >= 0.3 is 0 Å². The SMILES string of the molecule is CC(N)(C#N)CCCSc1ccc2c(c1)OCCO2. The molecule has 102 valence electrons. The molecule has 1 aromatic rings. The largest absolute Gasteiger partial charge is 0.486 e. The molecular weight excluding hydrogens is 260 g/mol. The minimum absolute atomic E-state index is 0.606. The fraction of sp³-hybridized carbons (Fsp3) is 0.500. The van der Waals surface area contributed by atoms with Crippen LogP contribution in [0.2, 0.25) is 0 Å². The highest BCUT2D eigenvalue weighted by Gasteiger charge is 2.16. The van der Waals surface area contributed by atoms with Gasteiger partial charge in [0.1, 0.15) is 18.8 Å². The van der Waals surface area contributed by atoms with Crippen LogP contribution in [0.15, 0.2) is 23.1 Å². The second-order valence-electron chi connectivity index (χ2n) is 4.79. The van der Waals surface area contributed by atoms with E-state index in [9.17, 15) is 0 Å². The Morgan fingerprint density at radius 1 is 1.37 bits per heavy atom. The molecule has 4 nitrogen and oxygen atoms in total. The Kier molecular flexibility index (Phi) is 4.56. The van der Waals surface area contributed by atoms with E-state index in [0.29, 0.717) is 19.6 Å². The Hall–Kier alpha value is -1.38. The molecule has 19 heavy (non-hydrogen) atoms. The van der Waals surface area contributed by atoms with E-state index in [1.54, 1.807) is 18.7 Å². The molecule has 5 heteroatoms. The summed E-state index contributed by atoms with van der Waals surface area (Å²) in [5.74, 6) is 2.57. The molecule has 0 radical (unpaired) electrons. The maximum absolute atomic E-state index is 8.83. The second kappa shape index (κ2) is 6.18. The summed E-state index contributed by atoms with van der Waals surface area (Å²) in [6.07, 6.45) is 1.63. The molecule has 0 saturated carbocycles. The average molecular weight is 278 g/mol. The van der Waals surface area contributed by atoms with E-state index in [4.69, 9.17) is 20.5 Å². The lowest BCUT2D eigenvalue weighted by atomic mass is 10.0. The molecule has 0 saturated heterocycles. The first-order chi connectivity index (χ1) is 9.11. The minimum atomic E-state index is -0.715. The third-order valence-electron chi connectivity index (χ3n) is 2.88. The van der Waals surface area contributed by atoms with Crippen LogP contribution in [0, 0.1) is 11.3 Å². The van der Waals surface area contributed by atoms with Crippen molar-refractivity contribution in [3.63, 3.8) is 0 Å². The van der Waals surface area contributed by atoms with Gasteiger partial charge in [0.05, 0.1) is 6.07 Å². The van der Waals surface area contributed by atoms with Crippen LogP contribution < -0.4 is 15.2 Å². The van der Waals surface area contributed by atoms with Crippen LogP contribution in [-0.4, -0.2) is 24.5 Å². The van der Waals surface area contributed by atoms with E-state index >= 15 is 0 Å². The summed E-state index contributed by atoms with van der Waals surface area (Å²) in [5.41, 5.74) is 5.06. The maximum atomic E-state index is 8.83. The number of ether oxygens (including phenoxy) is 2. The Morgan fingerprint density at radius 2 is 2.11 bits per heavy atom. The van der Waals surface area contributed by atoms with Crippen LogP contribution in [0.3, 0.4) is 0 Å². The number of rotatable bonds is 5. The number of nitriles is 1. The average Bonchev–Trinajstić information content (AvgIpc) is 2.43. The molecule has 1 unspecified atom stereocenters. The van der Waals surface area contributed by atoms with Crippen molar-refractivity contribution in [3.05, 3.63) is 18.2 Å². The lowest BCUT2D eigenvalue weighted by Crippen LogP contribution is -2.33. The van der Waals surface area contributed by atoms with E-state index in [-0.39, 0.29) is 0 Å². The summed E-state index contributed by atoms with van der Waals surface area (Å²) >= 11 is 1.74. The van der Waals surface area contributed by atoms with Crippen LogP contribution in [0.5, 0.6) is 11.5 Å². The molecular formula is C14H18N2O2S. The monoisotopic (exact) mass is 278 g/mol. The maximum Gasteiger partial charge on any atom is 0.162 e. The van der Waals surface area contributed by atoms with Gasteiger partial charge in [-0.25, -0.2) is 0 Å². The number of hydrogen-bond acceptors (Lipinski definition) is 5. The van der Waals surface area contributed by atoms with Crippen molar-refractivity contribution >= 4 is 11.8 Å². The number of fused-ring (bicyclic) bond motifs is 1. The first kappa shape index (κ1) is 14.0. The van der Waals surface area contributed by atoms with E-state index in [1.165, 1.54) is 0 Å². The first-order valence-corrected chi connectivity index (χ1v) is 7.32. The van der Waals surface area contributed by atoms with Gasteiger partial charge in [0, 0.05) is 4.90 Å². The van der Waals surface area contributed by atoms with Gasteiger partial charge in [0.15, 0.2) is 11.5 Å².